The van der Waals surface area contributed by atoms with Crippen LogP contribution in [0.2, 0.25) is 0 Å². The van der Waals surface area contributed by atoms with Gasteiger partial charge in [-0.3, -0.25) is 4.90 Å². The lowest BCUT2D eigenvalue weighted by Gasteiger charge is -2.35. The van der Waals surface area contributed by atoms with E-state index < -0.39 is 0 Å². The van der Waals surface area contributed by atoms with Crippen molar-refractivity contribution < 1.29 is 0 Å². The fraction of sp³-hybridized carbons (Fsp3) is 0.562. The van der Waals surface area contributed by atoms with Crippen LogP contribution in [0.3, 0.4) is 0 Å². The summed E-state index contributed by atoms with van der Waals surface area (Å²) in [5.74, 6) is 0.881. The van der Waals surface area contributed by atoms with Crippen LogP contribution in [0.5, 0.6) is 0 Å². The highest BCUT2D eigenvalue weighted by Crippen LogP contribution is 2.40. The maximum atomic E-state index is 9.33. The molecule has 1 atom stereocenters. The zero-order chi connectivity index (χ0) is 13.1. The summed E-state index contributed by atoms with van der Waals surface area (Å²) >= 11 is 0. The van der Waals surface area contributed by atoms with Crippen molar-refractivity contribution in [1.82, 2.24) is 10.2 Å². The van der Waals surface area contributed by atoms with Gasteiger partial charge in [-0.2, -0.15) is 5.26 Å². The van der Waals surface area contributed by atoms with Gasteiger partial charge in [-0.05, 0) is 24.0 Å². The molecule has 2 aliphatic rings. The number of hydrogen-bond donors (Lipinski definition) is 1. The second-order valence-corrected chi connectivity index (χ2v) is 5.68. The Morgan fingerprint density at radius 1 is 1.19 bits per heavy atom. The molecule has 2 fully saturated rings. The van der Waals surface area contributed by atoms with E-state index in [1.807, 2.05) is 12.1 Å². The van der Waals surface area contributed by atoms with E-state index >= 15 is 0 Å². The van der Waals surface area contributed by atoms with Crippen molar-refractivity contribution in [3.05, 3.63) is 35.4 Å². The van der Waals surface area contributed by atoms with Crippen molar-refractivity contribution in [2.75, 3.05) is 26.2 Å². The standard InChI is InChI=1S/C16H21N3.2ClH/c17-12-14-3-1-2-4-15(14)16(11-13-5-6-13)19-9-7-18-8-10-19;;/h1-4,13,16,18H,5-11H2;2*1H/t16-;;/m0../s1. The topological polar surface area (TPSA) is 39.1 Å². The van der Waals surface area contributed by atoms with Crippen LogP contribution in [0.4, 0.5) is 0 Å². The lowest BCUT2D eigenvalue weighted by molar-refractivity contribution is 0.160. The van der Waals surface area contributed by atoms with Crippen LogP contribution >= 0.6 is 24.8 Å². The SMILES string of the molecule is Cl.Cl.N#Cc1ccccc1[C@H](CC1CC1)N1CCNCC1. The van der Waals surface area contributed by atoms with Crippen molar-refractivity contribution in [2.45, 2.75) is 25.3 Å². The highest BCUT2D eigenvalue weighted by atomic mass is 35.5. The zero-order valence-corrected chi connectivity index (χ0v) is 13.8. The first kappa shape index (κ1) is 18.3. The van der Waals surface area contributed by atoms with Gasteiger partial charge >= 0.3 is 0 Å². The van der Waals surface area contributed by atoms with Crippen molar-refractivity contribution in [3.8, 4) is 6.07 Å². The minimum atomic E-state index is 0. The first-order valence-corrected chi connectivity index (χ1v) is 7.32. The molecule has 1 saturated heterocycles. The molecule has 3 nitrogen and oxygen atoms in total. The Balaban J connectivity index is 0.00000110. The van der Waals surface area contributed by atoms with Gasteiger partial charge in [-0.15, -0.1) is 24.8 Å². The summed E-state index contributed by atoms with van der Waals surface area (Å²) in [6, 6.07) is 10.9. The summed E-state index contributed by atoms with van der Waals surface area (Å²) in [5.41, 5.74) is 2.09. The summed E-state index contributed by atoms with van der Waals surface area (Å²) in [4.78, 5) is 2.56. The van der Waals surface area contributed by atoms with Gasteiger partial charge in [-0.25, -0.2) is 0 Å². The molecule has 21 heavy (non-hydrogen) atoms. The van der Waals surface area contributed by atoms with Gasteiger partial charge in [0, 0.05) is 32.2 Å². The number of halogens is 2. The smallest absolute Gasteiger partial charge is 0.0995 e. The molecule has 0 bridgehead atoms. The predicted molar refractivity (Wildman–Crippen MR) is 90.2 cm³/mol. The van der Waals surface area contributed by atoms with Gasteiger partial charge < -0.3 is 5.32 Å². The molecule has 0 amide bonds. The quantitative estimate of drug-likeness (QED) is 0.923. The van der Waals surface area contributed by atoms with Crippen molar-refractivity contribution in [2.24, 2.45) is 5.92 Å². The lowest BCUT2D eigenvalue weighted by atomic mass is 9.95. The Hall–Kier alpha value is -0.790. The number of nitrogens with one attached hydrogen (secondary N) is 1. The zero-order valence-electron chi connectivity index (χ0n) is 12.1. The van der Waals surface area contributed by atoms with Crippen LogP contribution in [0.1, 0.15) is 36.4 Å². The van der Waals surface area contributed by atoms with Gasteiger partial charge in [0.2, 0.25) is 0 Å². The molecule has 1 aliphatic heterocycles. The van der Waals surface area contributed by atoms with E-state index in [4.69, 9.17) is 0 Å². The number of rotatable bonds is 4. The van der Waals surface area contributed by atoms with E-state index in [-0.39, 0.29) is 24.8 Å². The Kier molecular flexibility index (Phi) is 7.48. The first-order valence-electron chi connectivity index (χ1n) is 7.32. The second kappa shape index (κ2) is 8.60. The molecule has 3 rings (SSSR count). The van der Waals surface area contributed by atoms with E-state index in [9.17, 15) is 5.26 Å². The van der Waals surface area contributed by atoms with Crippen molar-refractivity contribution in [3.63, 3.8) is 0 Å². The van der Waals surface area contributed by atoms with E-state index in [2.05, 4.69) is 28.4 Å². The summed E-state index contributed by atoms with van der Waals surface area (Å²) in [6.45, 7) is 4.32. The van der Waals surface area contributed by atoms with Crippen molar-refractivity contribution in [1.29, 1.82) is 5.26 Å². The molecule has 1 aromatic carbocycles. The van der Waals surface area contributed by atoms with Gasteiger partial charge in [0.1, 0.15) is 0 Å². The predicted octanol–water partition coefficient (Wildman–Crippen LogP) is 3.15. The van der Waals surface area contributed by atoms with Crippen LogP contribution in [-0.4, -0.2) is 31.1 Å². The highest BCUT2D eigenvalue weighted by Gasteiger charge is 2.31. The molecule has 116 valence electrons. The number of benzene rings is 1. The molecule has 5 heteroatoms. The Labute approximate surface area is 139 Å². The van der Waals surface area contributed by atoms with Crippen LogP contribution in [0.25, 0.3) is 0 Å². The third-order valence-electron chi connectivity index (χ3n) is 4.29. The molecular formula is C16H23Cl2N3. The van der Waals surface area contributed by atoms with Crippen LogP contribution < -0.4 is 5.32 Å². The summed E-state index contributed by atoms with van der Waals surface area (Å²) in [6.07, 6.45) is 3.97. The molecule has 1 heterocycles. The van der Waals surface area contributed by atoms with E-state index in [1.54, 1.807) is 0 Å². The average Bonchev–Trinajstić information content (AvgIpc) is 3.30. The minimum absolute atomic E-state index is 0. The normalized spacial score (nSPS) is 19.8. The molecular weight excluding hydrogens is 305 g/mol. The van der Waals surface area contributed by atoms with E-state index in [1.165, 1.54) is 24.8 Å². The number of nitriles is 1. The highest BCUT2D eigenvalue weighted by molar-refractivity contribution is 5.85. The largest absolute Gasteiger partial charge is 0.314 e. The third-order valence-corrected chi connectivity index (χ3v) is 4.29. The fourth-order valence-electron chi connectivity index (χ4n) is 3.03. The fourth-order valence-corrected chi connectivity index (χ4v) is 3.03. The Morgan fingerprint density at radius 2 is 1.86 bits per heavy atom. The van der Waals surface area contributed by atoms with Gasteiger partial charge in [-0.1, -0.05) is 31.0 Å². The molecule has 0 spiro atoms. The van der Waals surface area contributed by atoms with Crippen LogP contribution in [0, 0.1) is 17.2 Å². The summed E-state index contributed by atoms with van der Waals surface area (Å²) in [5, 5.41) is 12.7. The molecule has 0 aromatic heterocycles. The van der Waals surface area contributed by atoms with Gasteiger partial charge in [0.15, 0.2) is 0 Å². The number of hydrogen-bond acceptors (Lipinski definition) is 3. The maximum absolute atomic E-state index is 9.33. The maximum Gasteiger partial charge on any atom is 0.0995 e. The average molecular weight is 328 g/mol. The first-order chi connectivity index (χ1) is 9.38. The third kappa shape index (κ3) is 4.59. The number of nitrogens with zero attached hydrogens (tertiary/aromatic N) is 2. The molecule has 0 unspecified atom stereocenters. The van der Waals surface area contributed by atoms with Crippen LogP contribution in [0.15, 0.2) is 24.3 Å². The molecule has 1 N–H and O–H groups in total. The monoisotopic (exact) mass is 327 g/mol. The van der Waals surface area contributed by atoms with Crippen LogP contribution in [-0.2, 0) is 0 Å². The van der Waals surface area contributed by atoms with Gasteiger partial charge in [0.05, 0.1) is 11.6 Å². The lowest BCUT2D eigenvalue weighted by Crippen LogP contribution is -2.45. The Morgan fingerprint density at radius 3 is 2.48 bits per heavy atom. The molecule has 1 aliphatic carbocycles. The van der Waals surface area contributed by atoms with E-state index in [0.29, 0.717) is 6.04 Å². The molecule has 1 aromatic rings. The molecule has 1 saturated carbocycles. The number of piperazine rings is 1. The molecule has 0 radical (unpaired) electrons. The Bertz CT molecular complexity index is 477. The summed E-state index contributed by atoms with van der Waals surface area (Å²) in [7, 11) is 0. The van der Waals surface area contributed by atoms with Gasteiger partial charge in [0.25, 0.3) is 0 Å². The second-order valence-electron chi connectivity index (χ2n) is 5.68. The minimum Gasteiger partial charge on any atom is -0.314 e. The van der Waals surface area contributed by atoms with Crippen molar-refractivity contribution >= 4 is 24.8 Å². The van der Waals surface area contributed by atoms with E-state index in [0.717, 1.165) is 37.7 Å². The summed E-state index contributed by atoms with van der Waals surface area (Å²) < 4.78 is 0.